The number of hydrogen-bond acceptors (Lipinski definition) is 2. The molecule has 0 atom stereocenters. The van der Waals surface area contributed by atoms with Crippen molar-refractivity contribution < 1.29 is 0 Å². The maximum absolute atomic E-state index is 6.50. The lowest BCUT2D eigenvalue weighted by Gasteiger charge is -2.42. The normalized spacial score (nSPS) is 16.0. The molecule has 0 fully saturated rings. The standard InChI is InChI=1S/C43H50N2/c1-10-16-30(17-11-2)36-26-32(41(3,4)5)27-37(31-18-13-12-14-19-31)40(36)45(34-21-15-20-33(44)28-34)35-22-23-38-39(29-35)43(8,9)25-24-42(38,6)7/h10-23,26-29H,1,24-25,44H2,2-9H3/b17-11-,30-16+. The van der Waals surface area contributed by atoms with Gasteiger partial charge < -0.3 is 10.6 Å². The summed E-state index contributed by atoms with van der Waals surface area (Å²) in [5.41, 5.74) is 19.4. The van der Waals surface area contributed by atoms with Crippen molar-refractivity contribution in [3.05, 3.63) is 138 Å². The molecule has 0 unspecified atom stereocenters. The number of fused-ring (bicyclic) bond motifs is 1. The third-order valence-electron chi connectivity index (χ3n) is 9.46. The zero-order chi connectivity index (χ0) is 32.6. The van der Waals surface area contributed by atoms with Gasteiger partial charge >= 0.3 is 0 Å². The summed E-state index contributed by atoms with van der Waals surface area (Å²) in [5, 5.41) is 0. The molecule has 0 saturated carbocycles. The second-order valence-electron chi connectivity index (χ2n) is 14.8. The molecule has 45 heavy (non-hydrogen) atoms. The van der Waals surface area contributed by atoms with Crippen molar-refractivity contribution in [2.24, 2.45) is 0 Å². The van der Waals surface area contributed by atoms with Crippen LogP contribution in [-0.4, -0.2) is 0 Å². The first kappa shape index (κ1) is 32.1. The minimum atomic E-state index is -0.0601. The molecule has 0 aliphatic heterocycles. The van der Waals surface area contributed by atoms with Gasteiger partial charge in [-0.2, -0.15) is 0 Å². The van der Waals surface area contributed by atoms with Crippen LogP contribution in [0.3, 0.4) is 0 Å². The fraction of sp³-hybridized carbons (Fsp3) is 0.302. The van der Waals surface area contributed by atoms with Crippen LogP contribution in [0.4, 0.5) is 22.7 Å². The van der Waals surface area contributed by atoms with Crippen LogP contribution in [-0.2, 0) is 16.2 Å². The van der Waals surface area contributed by atoms with Crippen LogP contribution in [0.2, 0.25) is 0 Å². The molecule has 0 bridgehead atoms. The van der Waals surface area contributed by atoms with Gasteiger partial charge in [-0.05, 0) is 106 Å². The minimum Gasteiger partial charge on any atom is -0.399 e. The highest BCUT2D eigenvalue weighted by Crippen LogP contribution is 2.51. The number of nitrogen functional groups attached to an aromatic ring is 1. The molecule has 0 radical (unpaired) electrons. The van der Waals surface area contributed by atoms with Gasteiger partial charge in [0.1, 0.15) is 0 Å². The predicted octanol–water partition coefficient (Wildman–Crippen LogP) is 12.2. The average molecular weight is 595 g/mol. The summed E-state index contributed by atoms with van der Waals surface area (Å²) in [7, 11) is 0. The van der Waals surface area contributed by atoms with Crippen molar-refractivity contribution in [3.8, 4) is 11.1 Å². The number of anilines is 4. The Labute approximate surface area is 272 Å². The van der Waals surface area contributed by atoms with Gasteiger partial charge in [0.2, 0.25) is 0 Å². The summed E-state index contributed by atoms with van der Waals surface area (Å²) < 4.78 is 0. The lowest BCUT2D eigenvalue weighted by molar-refractivity contribution is 0.332. The fourth-order valence-corrected chi connectivity index (χ4v) is 6.69. The lowest BCUT2D eigenvalue weighted by atomic mass is 9.63. The monoisotopic (exact) mass is 594 g/mol. The summed E-state index contributed by atoms with van der Waals surface area (Å²) in [4.78, 5) is 2.43. The third-order valence-corrected chi connectivity index (χ3v) is 9.46. The van der Waals surface area contributed by atoms with Gasteiger partial charge in [0, 0.05) is 28.2 Å². The van der Waals surface area contributed by atoms with Gasteiger partial charge in [0.15, 0.2) is 0 Å². The first-order chi connectivity index (χ1) is 21.3. The summed E-state index contributed by atoms with van der Waals surface area (Å²) in [6, 6.07) is 31.0. The topological polar surface area (TPSA) is 29.3 Å². The molecule has 1 aliphatic carbocycles. The molecule has 0 heterocycles. The molecule has 2 heteroatoms. The second kappa shape index (κ2) is 12.2. The van der Waals surface area contributed by atoms with Gasteiger partial charge in [-0.3, -0.25) is 0 Å². The highest BCUT2D eigenvalue weighted by Gasteiger charge is 2.38. The molecular weight excluding hydrogens is 544 g/mol. The first-order valence-electron chi connectivity index (χ1n) is 16.3. The largest absolute Gasteiger partial charge is 0.399 e. The molecular formula is C43H50N2. The SMILES string of the molecule is C=C/C=C(\C=C/C)c1cc(C(C)(C)C)cc(-c2ccccc2)c1N(c1cccc(N)c1)c1ccc2c(c1)C(C)(C)CCC2(C)C. The molecule has 4 aromatic carbocycles. The Kier molecular flexibility index (Phi) is 8.73. The summed E-state index contributed by atoms with van der Waals surface area (Å²) in [6.45, 7) is 22.6. The van der Waals surface area contributed by atoms with Crippen molar-refractivity contribution in [1.29, 1.82) is 0 Å². The average Bonchev–Trinajstić information content (AvgIpc) is 2.99. The van der Waals surface area contributed by atoms with Crippen LogP contribution < -0.4 is 10.6 Å². The van der Waals surface area contributed by atoms with Crippen LogP contribution in [0.1, 0.15) is 90.5 Å². The van der Waals surface area contributed by atoms with Gasteiger partial charge in [-0.15, -0.1) is 0 Å². The smallest absolute Gasteiger partial charge is 0.0618 e. The van der Waals surface area contributed by atoms with Gasteiger partial charge in [-0.25, -0.2) is 0 Å². The number of rotatable bonds is 7. The van der Waals surface area contributed by atoms with E-state index in [-0.39, 0.29) is 16.2 Å². The Morgan fingerprint density at radius 3 is 2.09 bits per heavy atom. The number of hydrogen-bond donors (Lipinski definition) is 1. The van der Waals surface area contributed by atoms with E-state index in [4.69, 9.17) is 5.73 Å². The van der Waals surface area contributed by atoms with Crippen LogP contribution in [0.5, 0.6) is 0 Å². The number of nitrogens with zero attached hydrogens (tertiary/aromatic N) is 1. The zero-order valence-corrected chi connectivity index (χ0v) is 28.5. The number of allylic oxidation sites excluding steroid dienone is 5. The van der Waals surface area contributed by atoms with Crippen molar-refractivity contribution in [2.75, 3.05) is 10.6 Å². The molecule has 0 aromatic heterocycles. The van der Waals surface area contributed by atoms with Crippen LogP contribution >= 0.6 is 0 Å². The Hall–Kier alpha value is -4.30. The predicted molar refractivity (Wildman–Crippen MR) is 198 cm³/mol. The molecule has 4 aromatic rings. The Balaban J connectivity index is 1.96. The minimum absolute atomic E-state index is 0.0601. The van der Waals surface area contributed by atoms with Gasteiger partial charge in [-0.1, -0.05) is 122 Å². The van der Waals surface area contributed by atoms with Crippen LogP contribution in [0, 0.1) is 0 Å². The van der Waals surface area contributed by atoms with E-state index in [0.29, 0.717) is 0 Å². The van der Waals surface area contributed by atoms with Gasteiger partial charge in [0.05, 0.1) is 5.69 Å². The third kappa shape index (κ3) is 6.43. The highest BCUT2D eigenvalue weighted by atomic mass is 15.1. The highest BCUT2D eigenvalue weighted by molar-refractivity contribution is 5.98. The molecule has 232 valence electrons. The Morgan fingerprint density at radius 2 is 1.47 bits per heavy atom. The van der Waals surface area contributed by atoms with Crippen LogP contribution in [0.25, 0.3) is 16.7 Å². The Morgan fingerprint density at radius 1 is 0.800 bits per heavy atom. The van der Waals surface area contributed by atoms with Crippen molar-refractivity contribution in [3.63, 3.8) is 0 Å². The maximum Gasteiger partial charge on any atom is 0.0618 e. The van der Waals surface area contributed by atoms with E-state index in [1.54, 1.807) is 0 Å². The molecule has 0 spiro atoms. The van der Waals surface area contributed by atoms with Crippen molar-refractivity contribution in [2.45, 2.75) is 84.5 Å². The summed E-state index contributed by atoms with van der Waals surface area (Å²) in [5.74, 6) is 0. The second-order valence-corrected chi connectivity index (χ2v) is 14.8. The van der Waals surface area contributed by atoms with Gasteiger partial charge in [0.25, 0.3) is 0 Å². The zero-order valence-electron chi connectivity index (χ0n) is 28.5. The molecule has 2 N–H and O–H groups in total. The lowest BCUT2D eigenvalue weighted by Crippen LogP contribution is -2.34. The maximum atomic E-state index is 6.50. The van der Waals surface area contributed by atoms with E-state index < -0.39 is 0 Å². The molecule has 5 rings (SSSR count). The van der Waals surface area contributed by atoms with Crippen molar-refractivity contribution >= 4 is 28.3 Å². The molecule has 0 amide bonds. The first-order valence-corrected chi connectivity index (χ1v) is 16.3. The van der Waals surface area contributed by atoms with E-state index in [1.807, 2.05) is 12.1 Å². The quantitative estimate of drug-likeness (QED) is 0.170. The summed E-state index contributed by atoms with van der Waals surface area (Å²) >= 11 is 0. The van der Waals surface area contributed by atoms with E-state index >= 15 is 0 Å². The van der Waals surface area contributed by atoms with E-state index in [0.717, 1.165) is 40.3 Å². The van der Waals surface area contributed by atoms with E-state index in [2.05, 4.69) is 164 Å². The molecule has 0 saturated heterocycles. The van der Waals surface area contributed by atoms with E-state index in [1.165, 1.54) is 34.2 Å². The van der Waals surface area contributed by atoms with E-state index in [9.17, 15) is 0 Å². The Bertz CT molecular complexity index is 1760. The number of nitrogens with two attached hydrogens (primary N) is 1. The molecule has 1 aliphatic rings. The molecule has 2 nitrogen and oxygen atoms in total. The fourth-order valence-electron chi connectivity index (χ4n) is 6.69. The van der Waals surface area contributed by atoms with Crippen LogP contribution in [0.15, 0.2) is 116 Å². The summed E-state index contributed by atoms with van der Waals surface area (Å²) in [6.07, 6.45) is 10.6. The number of benzene rings is 4. The van der Waals surface area contributed by atoms with Crippen molar-refractivity contribution in [1.82, 2.24) is 0 Å².